The number of piperidine rings is 2. The number of nitrogens with zero attached hydrogens (tertiary/aromatic N) is 2. The second-order valence-corrected chi connectivity index (χ2v) is 7.02. The summed E-state index contributed by atoms with van der Waals surface area (Å²) in [5.41, 5.74) is 1.10. The highest BCUT2D eigenvalue weighted by Gasteiger charge is 2.25. The molecule has 0 atom stereocenters. The lowest BCUT2D eigenvalue weighted by atomic mass is 9.94. The highest BCUT2D eigenvalue weighted by Crippen LogP contribution is 2.21. The van der Waals surface area contributed by atoms with Crippen LogP contribution in [0.2, 0.25) is 0 Å². The molecule has 23 heavy (non-hydrogen) atoms. The Kier molecular flexibility index (Phi) is 5.68. The molecule has 0 unspecified atom stereocenters. The molecule has 1 aromatic rings. The largest absolute Gasteiger partial charge is 0.393 e. The number of rotatable bonds is 4. The molecule has 2 saturated heterocycles. The van der Waals surface area contributed by atoms with E-state index in [-0.39, 0.29) is 12.0 Å². The molecule has 0 bridgehead atoms. The number of amides is 1. The fraction of sp³-hybridized carbons (Fsp3) is 0.632. The first-order valence-electron chi connectivity index (χ1n) is 8.93. The Balaban J connectivity index is 1.40. The van der Waals surface area contributed by atoms with Gasteiger partial charge in [0.25, 0.3) is 0 Å². The van der Waals surface area contributed by atoms with E-state index in [0.29, 0.717) is 12.3 Å². The van der Waals surface area contributed by atoms with Gasteiger partial charge >= 0.3 is 0 Å². The second-order valence-electron chi connectivity index (χ2n) is 7.02. The highest BCUT2D eigenvalue weighted by atomic mass is 16.3. The van der Waals surface area contributed by atoms with Crippen molar-refractivity contribution in [3.05, 3.63) is 35.9 Å². The Morgan fingerprint density at radius 3 is 2.30 bits per heavy atom. The van der Waals surface area contributed by atoms with Gasteiger partial charge in [0.05, 0.1) is 12.5 Å². The van der Waals surface area contributed by atoms with Gasteiger partial charge in [-0.2, -0.15) is 0 Å². The third-order valence-corrected chi connectivity index (χ3v) is 5.24. The van der Waals surface area contributed by atoms with Gasteiger partial charge in [-0.3, -0.25) is 4.79 Å². The summed E-state index contributed by atoms with van der Waals surface area (Å²) in [7, 11) is 0. The number of likely N-dealkylation sites (tertiary alicyclic amines) is 2. The quantitative estimate of drug-likeness (QED) is 0.923. The van der Waals surface area contributed by atoms with Crippen LogP contribution in [0.5, 0.6) is 0 Å². The van der Waals surface area contributed by atoms with Gasteiger partial charge < -0.3 is 14.9 Å². The Morgan fingerprint density at radius 2 is 1.65 bits per heavy atom. The molecular weight excluding hydrogens is 288 g/mol. The molecule has 0 saturated carbocycles. The number of aliphatic hydroxyl groups is 1. The molecule has 2 aliphatic heterocycles. The van der Waals surface area contributed by atoms with E-state index in [1.807, 2.05) is 35.2 Å². The fourth-order valence-electron chi connectivity index (χ4n) is 3.71. The maximum atomic E-state index is 12.4. The lowest BCUT2D eigenvalue weighted by Crippen LogP contribution is -2.44. The van der Waals surface area contributed by atoms with Gasteiger partial charge in [-0.25, -0.2) is 0 Å². The van der Waals surface area contributed by atoms with E-state index in [2.05, 4.69) is 4.90 Å². The van der Waals surface area contributed by atoms with Gasteiger partial charge in [-0.1, -0.05) is 30.3 Å². The average Bonchev–Trinajstić information content (AvgIpc) is 2.58. The third-order valence-electron chi connectivity index (χ3n) is 5.24. The van der Waals surface area contributed by atoms with Crippen molar-refractivity contribution in [3.8, 4) is 0 Å². The van der Waals surface area contributed by atoms with E-state index in [1.54, 1.807) is 0 Å². The molecule has 2 aliphatic rings. The summed E-state index contributed by atoms with van der Waals surface area (Å²) in [6, 6.07) is 10.0. The van der Waals surface area contributed by atoms with E-state index in [1.165, 1.54) is 0 Å². The van der Waals surface area contributed by atoms with E-state index in [9.17, 15) is 9.90 Å². The van der Waals surface area contributed by atoms with Crippen LogP contribution in [0.1, 0.15) is 31.2 Å². The average molecular weight is 316 g/mol. The normalized spacial score (nSPS) is 21.5. The van der Waals surface area contributed by atoms with Crippen LogP contribution in [0.3, 0.4) is 0 Å². The summed E-state index contributed by atoms with van der Waals surface area (Å²) in [5.74, 6) is 0.960. The van der Waals surface area contributed by atoms with Crippen LogP contribution in [0.4, 0.5) is 0 Å². The maximum Gasteiger partial charge on any atom is 0.226 e. The molecule has 1 aromatic carbocycles. The van der Waals surface area contributed by atoms with Crippen molar-refractivity contribution in [3.63, 3.8) is 0 Å². The van der Waals surface area contributed by atoms with Crippen molar-refractivity contribution in [2.75, 3.05) is 32.7 Å². The Bertz CT molecular complexity index is 489. The van der Waals surface area contributed by atoms with E-state index >= 15 is 0 Å². The maximum absolute atomic E-state index is 12.4. The second kappa shape index (κ2) is 7.93. The summed E-state index contributed by atoms with van der Waals surface area (Å²) in [5, 5.41) is 9.58. The number of carbonyl (C=O) groups excluding carboxylic acids is 1. The van der Waals surface area contributed by atoms with Crippen molar-refractivity contribution < 1.29 is 9.90 Å². The van der Waals surface area contributed by atoms with Crippen LogP contribution in [-0.4, -0.2) is 59.6 Å². The Hall–Kier alpha value is -1.39. The van der Waals surface area contributed by atoms with Crippen molar-refractivity contribution in [1.82, 2.24) is 9.80 Å². The summed E-state index contributed by atoms with van der Waals surface area (Å²) < 4.78 is 0. The fourth-order valence-corrected chi connectivity index (χ4v) is 3.71. The van der Waals surface area contributed by atoms with Gasteiger partial charge in [-0.15, -0.1) is 0 Å². The van der Waals surface area contributed by atoms with Crippen LogP contribution in [-0.2, 0) is 11.2 Å². The van der Waals surface area contributed by atoms with Crippen LogP contribution < -0.4 is 0 Å². The topological polar surface area (TPSA) is 43.8 Å². The monoisotopic (exact) mass is 316 g/mol. The molecular formula is C19H28N2O2. The molecule has 1 amide bonds. The zero-order valence-electron chi connectivity index (χ0n) is 13.9. The number of benzene rings is 1. The molecule has 0 aliphatic carbocycles. The van der Waals surface area contributed by atoms with Crippen molar-refractivity contribution in [2.24, 2.45) is 5.92 Å². The molecule has 126 valence electrons. The Labute approximate surface area is 139 Å². The van der Waals surface area contributed by atoms with Gasteiger partial charge in [0.2, 0.25) is 5.91 Å². The lowest BCUT2D eigenvalue weighted by Gasteiger charge is -2.37. The smallest absolute Gasteiger partial charge is 0.226 e. The standard InChI is InChI=1S/C19H28N2O2/c22-18-8-10-20(11-9-18)15-17-6-12-21(13-7-17)19(23)14-16-4-2-1-3-5-16/h1-5,17-18,22H,6-15H2. The predicted octanol–water partition coefficient (Wildman–Crippen LogP) is 1.92. The molecule has 2 heterocycles. The van der Waals surface area contributed by atoms with Crippen molar-refractivity contribution in [1.29, 1.82) is 0 Å². The van der Waals surface area contributed by atoms with Gasteiger partial charge in [0.15, 0.2) is 0 Å². The van der Waals surface area contributed by atoms with Gasteiger partial charge in [0.1, 0.15) is 0 Å². The van der Waals surface area contributed by atoms with Crippen LogP contribution >= 0.6 is 0 Å². The summed E-state index contributed by atoms with van der Waals surface area (Å²) in [6.45, 7) is 4.97. The SMILES string of the molecule is O=C(Cc1ccccc1)N1CCC(CN2CCC(O)CC2)CC1. The van der Waals surface area contributed by atoms with Crippen molar-refractivity contribution in [2.45, 2.75) is 38.2 Å². The zero-order valence-corrected chi connectivity index (χ0v) is 13.9. The first-order chi connectivity index (χ1) is 11.2. The molecule has 0 spiro atoms. The van der Waals surface area contributed by atoms with Crippen LogP contribution in [0, 0.1) is 5.92 Å². The number of hydrogen-bond acceptors (Lipinski definition) is 3. The minimum absolute atomic E-state index is 0.0938. The number of hydrogen-bond donors (Lipinski definition) is 1. The summed E-state index contributed by atoms with van der Waals surface area (Å²) in [6.07, 6.45) is 4.47. The first kappa shape index (κ1) is 16.5. The molecule has 0 aromatic heterocycles. The predicted molar refractivity (Wildman–Crippen MR) is 91.1 cm³/mol. The third kappa shape index (κ3) is 4.79. The van der Waals surface area contributed by atoms with Crippen molar-refractivity contribution >= 4 is 5.91 Å². The molecule has 4 heteroatoms. The molecule has 4 nitrogen and oxygen atoms in total. The van der Waals surface area contributed by atoms with E-state index < -0.39 is 0 Å². The van der Waals surface area contributed by atoms with E-state index in [4.69, 9.17) is 0 Å². The molecule has 1 N–H and O–H groups in total. The van der Waals surface area contributed by atoms with Gasteiger partial charge in [0, 0.05) is 32.7 Å². The molecule has 0 radical (unpaired) electrons. The number of aliphatic hydroxyl groups excluding tert-OH is 1. The minimum Gasteiger partial charge on any atom is -0.393 e. The van der Waals surface area contributed by atoms with Crippen LogP contribution in [0.25, 0.3) is 0 Å². The minimum atomic E-state index is -0.0938. The number of carbonyl (C=O) groups is 1. The van der Waals surface area contributed by atoms with Crippen LogP contribution in [0.15, 0.2) is 30.3 Å². The zero-order chi connectivity index (χ0) is 16.1. The molecule has 3 rings (SSSR count). The lowest BCUT2D eigenvalue weighted by molar-refractivity contribution is -0.132. The van der Waals surface area contributed by atoms with E-state index in [0.717, 1.165) is 64.0 Å². The summed E-state index contributed by atoms with van der Waals surface area (Å²) >= 11 is 0. The van der Waals surface area contributed by atoms with Gasteiger partial charge in [-0.05, 0) is 37.2 Å². The summed E-state index contributed by atoms with van der Waals surface area (Å²) in [4.78, 5) is 16.9. The Morgan fingerprint density at radius 1 is 1.00 bits per heavy atom. The molecule has 2 fully saturated rings. The highest BCUT2D eigenvalue weighted by molar-refractivity contribution is 5.78. The first-order valence-corrected chi connectivity index (χ1v) is 8.93.